The van der Waals surface area contributed by atoms with Crippen LogP contribution in [0.5, 0.6) is 0 Å². The molecule has 6 saturated carbocycles. The molecule has 6 rings (SSSR count). The molecular formula is C38H48F18O13S3. The lowest BCUT2D eigenvalue weighted by molar-refractivity contribution is -0.565. The molecule has 0 aliphatic heterocycles. The molecule has 422 valence electrons. The van der Waals surface area contributed by atoms with Crippen molar-refractivity contribution in [2.75, 3.05) is 7.11 Å². The zero-order valence-electron chi connectivity index (χ0n) is 37.4. The smallest absolute Gasteiger partial charge is 0.381 e. The van der Waals surface area contributed by atoms with E-state index in [4.69, 9.17) is 15.3 Å². The molecule has 0 radical (unpaired) electrons. The second-order valence-electron chi connectivity index (χ2n) is 19.4. The summed E-state index contributed by atoms with van der Waals surface area (Å²) in [5.41, 5.74) is -9.18. The fourth-order valence-electron chi connectivity index (χ4n) is 12.0. The van der Waals surface area contributed by atoms with Gasteiger partial charge in [-0.2, -0.15) is 78.7 Å². The maximum absolute atomic E-state index is 16.8. The number of alkyl halides is 18. The van der Waals surface area contributed by atoms with E-state index in [-0.39, 0.29) is 31.8 Å². The SMILES string of the molecule is COC1CCC(C(C2CCC(OC3(F)C(F)(F)C(F)(F)C3(F)OC3CCC(C4CCC(OC5(F)C(C)(F)C(F)(F)C5(F)F)C(SOOO)C4)CC3S(=O)(=O)O)C(SOOO)C2)(C(F)(F)F)C(F)(F)F)CC1C. The van der Waals surface area contributed by atoms with Gasteiger partial charge in [-0.25, -0.2) is 19.3 Å². The Morgan fingerprint density at radius 1 is 0.528 bits per heavy atom. The van der Waals surface area contributed by atoms with Gasteiger partial charge >= 0.3 is 53.6 Å². The maximum atomic E-state index is 16.8. The van der Waals surface area contributed by atoms with Crippen LogP contribution in [0.25, 0.3) is 0 Å². The van der Waals surface area contributed by atoms with Gasteiger partial charge in [0.05, 0.1) is 34.9 Å². The molecule has 13 nitrogen and oxygen atoms in total. The van der Waals surface area contributed by atoms with Gasteiger partial charge in [-0.1, -0.05) is 17.0 Å². The quantitative estimate of drug-likeness (QED) is 0.0413. The van der Waals surface area contributed by atoms with Crippen molar-refractivity contribution >= 4 is 34.2 Å². The summed E-state index contributed by atoms with van der Waals surface area (Å²) in [4.78, 5) is 0. The molecule has 6 aliphatic rings. The van der Waals surface area contributed by atoms with Crippen molar-refractivity contribution in [3.63, 3.8) is 0 Å². The third kappa shape index (κ3) is 9.01. The molecule has 0 aromatic rings. The van der Waals surface area contributed by atoms with Crippen molar-refractivity contribution in [3.8, 4) is 0 Å². The van der Waals surface area contributed by atoms with E-state index < -0.39 is 221 Å². The molecule has 3 N–H and O–H groups in total. The van der Waals surface area contributed by atoms with Crippen LogP contribution in [0.1, 0.15) is 90.9 Å². The van der Waals surface area contributed by atoms with E-state index in [9.17, 15) is 34.9 Å². The second kappa shape index (κ2) is 20.0. The Kier molecular flexibility index (Phi) is 16.7. The van der Waals surface area contributed by atoms with Crippen molar-refractivity contribution in [3.05, 3.63) is 0 Å². The van der Waals surface area contributed by atoms with Gasteiger partial charge in [0.15, 0.2) is 5.41 Å². The Morgan fingerprint density at radius 2 is 0.917 bits per heavy atom. The minimum Gasteiger partial charge on any atom is -0.381 e. The first-order valence-corrected chi connectivity index (χ1v) is 25.1. The molecule has 0 aromatic carbocycles. The second-order valence-corrected chi connectivity index (χ2v) is 22.9. The van der Waals surface area contributed by atoms with Gasteiger partial charge in [-0.05, 0) is 114 Å². The average Bonchev–Trinajstić information content (AvgIpc) is 3.26. The van der Waals surface area contributed by atoms with Gasteiger partial charge in [-0.3, -0.25) is 4.55 Å². The summed E-state index contributed by atoms with van der Waals surface area (Å²) in [6.07, 6.45) is -30.1. The topological polar surface area (TPSA) is 169 Å². The van der Waals surface area contributed by atoms with Gasteiger partial charge in [0.25, 0.3) is 10.1 Å². The van der Waals surface area contributed by atoms with Crippen LogP contribution in [-0.4, -0.2) is 130 Å². The molecule has 0 bridgehead atoms. The first-order chi connectivity index (χ1) is 32.8. The Morgan fingerprint density at radius 3 is 1.35 bits per heavy atom. The number of hydrogen-bond acceptors (Lipinski definition) is 14. The van der Waals surface area contributed by atoms with Crippen LogP contribution >= 0.6 is 24.1 Å². The summed E-state index contributed by atoms with van der Waals surface area (Å²) < 4.78 is 336. The van der Waals surface area contributed by atoms with Crippen LogP contribution in [0.15, 0.2) is 0 Å². The summed E-state index contributed by atoms with van der Waals surface area (Å²) in [6.45, 7) is 1.15. The molecule has 0 amide bonds. The summed E-state index contributed by atoms with van der Waals surface area (Å²) >= 11 is -0.426. The van der Waals surface area contributed by atoms with Gasteiger partial charge in [0.2, 0.25) is 5.67 Å². The zero-order chi connectivity index (χ0) is 54.5. The molecule has 6 aliphatic carbocycles. The van der Waals surface area contributed by atoms with Crippen LogP contribution in [0.2, 0.25) is 0 Å². The lowest BCUT2D eigenvalue weighted by atomic mass is 9.56. The summed E-state index contributed by atoms with van der Waals surface area (Å²) in [6, 6.07) is 0. The van der Waals surface area contributed by atoms with E-state index in [0.29, 0.717) is 0 Å². The fraction of sp³-hybridized carbons (Fsp3) is 1.00. The Hall–Kier alpha value is -1.05. The lowest BCUT2D eigenvalue weighted by Crippen LogP contribution is -2.88. The third-order valence-corrected chi connectivity index (χ3v) is 18.9. The van der Waals surface area contributed by atoms with Crippen LogP contribution in [0.4, 0.5) is 79.0 Å². The largest absolute Gasteiger partial charge is 0.403 e. The minimum atomic E-state index is -6.32. The number of rotatable bonds is 17. The Bertz CT molecular complexity index is 1990. The highest BCUT2D eigenvalue weighted by Crippen LogP contribution is 2.72. The predicted octanol–water partition coefficient (Wildman–Crippen LogP) is 11.5. The third-order valence-electron chi connectivity index (χ3n) is 15.9. The molecule has 34 heteroatoms. The molecular weight excluding hydrogens is 1100 g/mol. The van der Waals surface area contributed by atoms with Crippen molar-refractivity contribution in [2.24, 2.45) is 35.0 Å². The van der Waals surface area contributed by atoms with E-state index in [1.807, 2.05) is 0 Å². The van der Waals surface area contributed by atoms with Crippen molar-refractivity contribution in [2.45, 2.75) is 190 Å². The van der Waals surface area contributed by atoms with Gasteiger partial charge in [-0.15, -0.1) is 8.67 Å². The average molecular weight is 1150 g/mol. The van der Waals surface area contributed by atoms with Crippen molar-refractivity contribution < 1.29 is 140 Å². The highest BCUT2D eigenvalue weighted by atomic mass is 32.2. The molecule has 0 saturated heterocycles. The maximum Gasteiger partial charge on any atom is 0.403 e. The fourth-order valence-corrected chi connectivity index (χ4v) is 14.6. The number of ether oxygens (including phenoxy) is 4. The van der Waals surface area contributed by atoms with Gasteiger partial charge in [0, 0.05) is 31.2 Å². The standard InChI is InChI=1S/C38H48F18O13S3/c1-16-12-19(6-10-21(16)62-3)29(37(51,52)53,38(54,55)56)20-7-11-23(26(15-20)71-69-67-58)64-35(49)32(44,45)33(46,47)36(35,50)65-24-9-5-18(14-27(24)72(59,60)61)17-4-8-22(25(13-17)70-68-66-57)63-34(48)28(2,39)30(40,41)31(34,42)43/h16-27,57-58H,4-15H2,1-3H3,(H,59,60,61). The number of hydrogen-bond donors (Lipinski definition) is 3. The van der Waals surface area contributed by atoms with Gasteiger partial charge < -0.3 is 18.9 Å². The molecule has 16 atom stereocenters. The van der Waals surface area contributed by atoms with Crippen molar-refractivity contribution in [1.82, 2.24) is 0 Å². The van der Waals surface area contributed by atoms with Crippen molar-refractivity contribution in [1.29, 1.82) is 0 Å². The van der Waals surface area contributed by atoms with Crippen LogP contribution in [-0.2, 0) is 47.8 Å². The van der Waals surface area contributed by atoms with E-state index in [1.165, 1.54) is 14.0 Å². The summed E-state index contributed by atoms with van der Waals surface area (Å²) in [7, 11) is -4.51. The molecule has 0 spiro atoms. The number of halogens is 18. The molecule has 0 heterocycles. The van der Waals surface area contributed by atoms with Crippen LogP contribution < -0.4 is 0 Å². The molecule has 16 unspecified atom stereocenters. The minimum absolute atomic E-state index is 0.00121. The van der Waals surface area contributed by atoms with Gasteiger partial charge in [0.1, 0.15) is 5.25 Å². The Balaban J connectivity index is 1.23. The van der Waals surface area contributed by atoms with E-state index in [1.54, 1.807) is 0 Å². The first-order valence-electron chi connectivity index (χ1n) is 22.0. The van der Waals surface area contributed by atoms with E-state index in [0.717, 1.165) is 0 Å². The summed E-state index contributed by atoms with van der Waals surface area (Å²) in [5.74, 6) is -48.2. The normalized spacial score (nSPS) is 43.4. The van der Waals surface area contributed by atoms with Crippen LogP contribution in [0, 0.1) is 35.0 Å². The molecule has 0 aromatic heterocycles. The number of methoxy groups -OCH3 is 1. The Labute approximate surface area is 406 Å². The zero-order valence-corrected chi connectivity index (χ0v) is 39.8. The summed E-state index contributed by atoms with van der Waals surface area (Å²) in [5, 5.41) is 17.8. The molecule has 6 fully saturated rings. The predicted molar refractivity (Wildman–Crippen MR) is 207 cm³/mol. The van der Waals surface area contributed by atoms with E-state index >= 15 is 57.1 Å². The lowest BCUT2D eigenvalue weighted by Gasteiger charge is -2.59. The first kappa shape index (κ1) is 60.2. The highest BCUT2D eigenvalue weighted by Gasteiger charge is 3.02. The monoisotopic (exact) mass is 1150 g/mol. The van der Waals surface area contributed by atoms with Crippen LogP contribution in [0.3, 0.4) is 0 Å². The highest BCUT2D eigenvalue weighted by molar-refractivity contribution is 7.95. The molecule has 72 heavy (non-hydrogen) atoms. The van der Waals surface area contributed by atoms with E-state index in [2.05, 4.69) is 33.0 Å².